The first-order valence-corrected chi connectivity index (χ1v) is 9.62. The van der Waals surface area contributed by atoms with Crippen molar-refractivity contribution in [3.8, 4) is 0 Å². The van der Waals surface area contributed by atoms with Crippen molar-refractivity contribution < 1.29 is 9.18 Å². The van der Waals surface area contributed by atoms with Crippen molar-refractivity contribution >= 4 is 22.7 Å². The lowest BCUT2D eigenvalue weighted by Gasteiger charge is -2.22. The molecule has 146 valence electrons. The maximum absolute atomic E-state index is 13.7. The molecule has 0 unspecified atom stereocenters. The molecule has 0 spiro atoms. The number of rotatable bonds is 3. The monoisotopic (exact) mass is 396 g/mol. The van der Waals surface area contributed by atoms with Gasteiger partial charge < -0.3 is 0 Å². The molecule has 30 heavy (non-hydrogen) atoms. The van der Waals surface area contributed by atoms with Crippen LogP contribution in [0.1, 0.15) is 33.9 Å². The van der Waals surface area contributed by atoms with Crippen LogP contribution < -0.4 is 0 Å². The minimum atomic E-state index is -0.454. The van der Waals surface area contributed by atoms with Gasteiger partial charge in [0.15, 0.2) is 0 Å². The van der Waals surface area contributed by atoms with Crippen molar-refractivity contribution in [3.05, 3.63) is 108 Å². The lowest BCUT2D eigenvalue weighted by molar-refractivity contribution is 0.0710. The molecule has 5 rings (SSSR count). The standard InChI is InChI=1S/C24H17FN4O/c25-19-8-4-7-18(13-19)24(30)29-23(15-21(28-29)16-5-2-1-3-6-16)17-9-10-20-22(14-17)27-12-11-26-20/h1-14,23H,15H2/t23-/m1/s1. The zero-order valence-electron chi connectivity index (χ0n) is 15.9. The van der Waals surface area contributed by atoms with Crippen molar-refractivity contribution in [2.24, 2.45) is 5.10 Å². The Hall–Kier alpha value is -3.93. The van der Waals surface area contributed by atoms with Gasteiger partial charge in [-0.15, -0.1) is 0 Å². The van der Waals surface area contributed by atoms with E-state index in [1.54, 1.807) is 18.5 Å². The average molecular weight is 396 g/mol. The van der Waals surface area contributed by atoms with E-state index >= 15 is 0 Å². The average Bonchev–Trinajstić information content (AvgIpc) is 3.24. The van der Waals surface area contributed by atoms with Crippen molar-refractivity contribution in [1.82, 2.24) is 15.0 Å². The molecule has 0 N–H and O–H groups in total. The van der Waals surface area contributed by atoms with Gasteiger partial charge in [0.25, 0.3) is 5.91 Å². The minimum Gasteiger partial charge on any atom is -0.267 e. The third-order valence-electron chi connectivity index (χ3n) is 5.18. The normalized spacial score (nSPS) is 16.0. The molecule has 5 nitrogen and oxygen atoms in total. The molecule has 2 heterocycles. The number of nitrogens with zero attached hydrogens (tertiary/aromatic N) is 4. The maximum Gasteiger partial charge on any atom is 0.274 e. The second kappa shape index (κ2) is 7.48. The molecule has 1 amide bonds. The summed E-state index contributed by atoms with van der Waals surface area (Å²) >= 11 is 0. The summed E-state index contributed by atoms with van der Waals surface area (Å²) in [6.45, 7) is 0. The summed E-state index contributed by atoms with van der Waals surface area (Å²) in [6.07, 6.45) is 3.84. The molecule has 0 fully saturated rings. The molecule has 4 aromatic rings. The summed E-state index contributed by atoms with van der Waals surface area (Å²) in [5.41, 5.74) is 4.47. The first-order valence-electron chi connectivity index (χ1n) is 9.62. The Kier molecular flexibility index (Phi) is 4.52. The molecule has 0 bridgehead atoms. The summed E-state index contributed by atoms with van der Waals surface area (Å²) < 4.78 is 13.7. The third kappa shape index (κ3) is 3.33. The van der Waals surface area contributed by atoms with Gasteiger partial charge in [-0.05, 0) is 41.5 Å². The van der Waals surface area contributed by atoms with Gasteiger partial charge >= 0.3 is 0 Å². The Balaban J connectivity index is 1.58. The number of halogens is 1. The predicted molar refractivity (Wildman–Crippen MR) is 112 cm³/mol. The van der Waals surface area contributed by atoms with Gasteiger partial charge in [0, 0.05) is 24.4 Å². The van der Waals surface area contributed by atoms with E-state index in [1.807, 2.05) is 48.5 Å². The summed E-state index contributed by atoms with van der Waals surface area (Å²) in [5, 5.41) is 6.10. The molecule has 6 heteroatoms. The van der Waals surface area contributed by atoms with Crippen LogP contribution in [0.2, 0.25) is 0 Å². The maximum atomic E-state index is 13.7. The molecule has 0 radical (unpaired) electrons. The van der Waals surface area contributed by atoms with Crippen molar-refractivity contribution in [2.45, 2.75) is 12.5 Å². The van der Waals surface area contributed by atoms with Gasteiger partial charge in [-0.25, -0.2) is 9.40 Å². The number of hydrazone groups is 1. The van der Waals surface area contributed by atoms with E-state index in [-0.39, 0.29) is 17.5 Å². The highest BCUT2D eigenvalue weighted by atomic mass is 19.1. The molecule has 1 aliphatic heterocycles. The zero-order valence-corrected chi connectivity index (χ0v) is 15.9. The molecular weight excluding hydrogens is 379 g/mol. The molecule has 1 aliphatic rings. The number of fused-ring (bicyclic) bond motifs is 1. The van der Waals surface area contributed by atoms with Crippen LogP contribution in [0.3, 0.4) is 0 Å². The summed E-state index contributed by atoms with van der Waals surface area (Å²) in [4.78, 5) is 21.9. The largest absolute Gasteiger partial charge is 0.274 e. The predicted octanol–water partition coefficient (Wildman–Crippen LogP) is 4.76. The van der Waals surface area contributed by atoms with Gasteiger partial charge in [0.1, 0.15) is 5.82 Å². The lowest BCUT2D eigenvalue weighted by atomic mass is 9.97. The van der Waals surface area contributed by atoms with Gasteiger partial charge in [-0.1, -0.05) is 42.5 Å². The third-order valence-corrected chi connectivity index (χ3v) is 5.18. The van der Waals surface area contributed by atoms with Crippen LogP contribution in [0.4, 0.5) is 4.39 Å². The Bertz CT molecular complexity index is 1270. The van der Waals surface area contributed by atoms with E-state index in [4.69, 9.17) is 0 Å². The molecule has 0 aliphatic carbocycles. The number of hydrogen-bond donors (Lipinski definition) is 0. The second-order valence-electron chi connectivity index (χ2n) is 7.10. The lowest BCUT2D eigenvalue weighted by Crippen LogP contribution is -2.27. The highest BCUT2D eigenvalue weighted by Gasteiger charge is 2.34. The number of hydrogen-bond acceptors (Lipinski definition) is 4. The van der Waals surface area contributed by atoms with Crippen molar-refractivity contribution in [3.63, 3.8) is 0 Å². The Labute approximate surface area is 172 Å². The van der Waals surface area contributed by atoms with Crippen LogP contribution in [0.15, 0.2) is 90.3 Å². The molecule has 0 saturated carbocycles. The van der Waals surface area contributed by atoms with E-state index in [0.29, 0.717) is 6.42 Å². The van der Waals surface area contributed by atoms with Gasteiger partial charge in [0.05, 0.1) is 22.8 Å². The highest BCUT2D eigenvalue weighted by molar-refractivity contribution is 6.05. The van der Waals surface area contributed by atoms with Crippen LogP contribution in [0.25, 0.3) is 11.0 Å². The summed E-state index contributed by atoms with van der Waals surface area (Å²) in [5.74, 6) is -0.797. The smallest absolute Gasteiger partial charge is 0.267 e. The van der Waals surface area contributed by atoms with Crippen molar-refractivity contribution in [1.29, 1.82) is 0 Å². The second-order valence-corrected chi connectivity index (χ2v) is 7.10. The quantitative estimate of drug-likeness (QED) is 0.502. The van der Waals surface area contributed by atoms with Crippen LogP contribution >= 0.6 is 0 Å². The summed E-state index contributed by atoms with van der Waals surface area (Å²) in [7, 11) is 0. The van der Waals surface area contributed by atoms with Gasteiger partial charge in [0.2, 0.25) is 0 Å². The van der Waals surface area contributed by atoms with Crippen molar-refractivity contribution in [2.75, 3.05) is 0 Å². The number of benzene rings is 3. The van der Waals surface area contributed by atoms with Crippen LogP contribution in [-0.2, 0) is 0 Å². The number of amides is 1. The number of carbonyl (C=O) groups excluding carboxylic acids is 1. The zero-order chi connectivity index (χ0) is 20.5. The van der Waals surface area contributed by atoms with Crippen LogP contribution in [0.5, 0.6) is 0 Å². The fourth-order valence-electron chi connectivity index (χ4n) is 3.70. The Morgan fingerprint density at radius 1 is 0.900 bits per heavy atom. The Morgan fingerprint density at radius 2 is 1.70 bits per heavy atom. The van der Waals surface area contributed by atoms with E-state index in [1.165, 1.54) is 23.2 Å². The van der Waals surface area contributed by atoms with Gasteiger partial charge in [-0.3, -0.25) is 14.8 Å². The van der Waals surface area contributed by atoms with E-state index in [0.717, 1.165) is 27.9 Å². The first kappa shape index (κ1) is 18.1. The minimum absolute atomic E-state index is 0.263. The number of carbonyl (C=O) groups is 1. The first-order chi connectivity index (χ1) is 14.7. The van der Waals surface area contributed by atoms with E-state index in [9.17, 15) is 9.18 Å². The van der Waals surface area contributed by atoms with Crippen LogP contribution in [-0.4, -0.2) is 26.6 Å². The van der Waals surface area contributed by atoms with E-state index in [2.05, 4.69) is 15.1 Å². The molecule has 3 aromatic carbocycles. The van der Waals surface area contributed by atoms with Gasteiger partial charge in [-0.2, -0.15) is 5.10 Å². The van der Waals surface area contributed by atoms with Crippen LogP contribution in [0, 0.1) is 5.82 Å². The fourth-order valence-corrected chi connectivity index (χ4v) is 3.70. The highest BCUT2D eigenvalue weighted by Crippen LogP contribution is 2.34. The SMILES string of the molecule is O=C(c1cccc(F)c1)N1N=C(c2ccccc2)C[C@@H]1c1ccc2nccnc2c1. The molecule has 0 saturated heterocycles. The Morgan fingerprint density at radius 3 is 2.50 bits per heavy atom. The molecular formula is C24H17FN4O. The molecule has 1 aromatic heterocycles. The van der Waals surface area contributed by atoms with E-state index < -0.39 is 5.82 Å². The fraction of sp³-hybridized carbons (Fsp3) is 0.0833. The number of aromatic nitrogens is 2. The molecule has 1 atom stereocenters. The summed E-state index contributed by atoms with van der Waals surface area (Å²) in [6, 6.07) is 20.9. The topological polar surface area (TPSA) is 58.5 Å².